The molecule has 0 radical (unpaired) electrons. The predicted octanol–water partition coefficient (Wildman–Crippen LogP) is 1.19. The molecule has 1 unspecified atom stereocenters. The molecule has 100 valence electrons. The minimum atomic E-state index is -0.956. The van der Waals surface area contributed by atoms with Gasteiger partial charge >= 0.3 is 0 Å². The predicted molar refractivity (Wildman–Crippen MR) is 66.5 cm³/mol. The molecule has 0 saturated carbocycles. The van der Waals surface area contributed by atoms with Gasteiger partial charge in [-0.2, -0.15) is 0 Å². The van der Waals surface area contributed by atoms with Gasteiger partial charge in [-0.1, -0.05) is 0 Å². The van der Waals surface area contributed by atoms with Gasteiger partial charge in [-0.15, -0.1) is 0 Å². The number of nitrogens with one attached hydrogen (secondary N) is 1. The molecule has 0 aliphatic heterocycles. The van der Waals surface area contributed by atoms with Gasteiger partial charge in [-0.3, -0.25) is 10.1 Å². The van der Waals surface area contributed by atoms with Crippen LogP contribution in [0, 0.1) is 10.1 Å². The van der Waals surface area contributed by atoms with Crippen LogP contribution < -0.4 is 5.32 Å². The highest BCUT2D eigenvalue weighted by Crippen LogP contribution is 2.16. The van der Waals surface area contributed by atoms with E-state index in [-0.39, 0.29) is 12.2 Å². The molecule has 7 nitrogen and oxygen atoms in total. The first-order chi connectivity index (χ1) is 8.44. The molecule has 0 aromatic carbocycles. The summed E-state index contributed by atoms with van der Waals surface area (Å²) in [5, 5.41) is 23.4. The summed E-state index contributed by atoms with van der Waals surface area (Å²) in [4.78, 5) is 14.0. The Kier molecular flexibility index (Phi) is 4.99. The Bertz CT molecular complexity index is 409. The van der Waals surface area contributed by atoms with Crippen molar-refractivity contribution >= 4 is 11.5 Å². The zero-order valence-corrected chi connectivity index (χ0v) is 10.4. The number of pyridine rings is 1. The number of hydrogen-bond acceptors (Lipinski definition) is 6. The Balaban J connectivity index is 2.57. The minimum Gasteiger partial charge on any atom is -0.388 e. The summed E-state index contributed by atoms with van der Waals surface area (Å²) in [6.45, 7) is 2.35. The van der Waals surface area contributed by atoms with Crippen molar-refractivity contribution in [3.05, 3.63) is 28.4 Å². The highest BCUT2D eigenvalue weighted by atomic mass is 16.6. The summed E-state index contributed by atoms with van der Waals surface area (Å²) in [5.41, 5.74) is -0.994. The molecule has 7 heteroatoms. The van der Waals surface area contributed by atoms with Crippen molar-refractivity contribution in [1.29, 1.82) is 0 Å². The first kappa shape index (κ1) is 14.3. The summed E-state index contributed by atoms with van der Waals surface area (Å²) in [7, 11) is 1.56. The van der Waals surface area contributed by atoms with Crippen LogP contribution >= 0.6 is 0 Å². The summed E-state index contributed by atoms with van der Waals surface area (Å²) in [6, 6.07) is 2.64. The first-order valence-electron chi connectivity index (χ1n) is 5.50. The second-order valence-electron chi connectivity index (χ2n) is 4.25. The van der Waals surface area contributed by atoms with Crippen molar-refractivity contribution in [3.63, 3.8) is 0 Å². The number of nitrogens with zero attached hydrogens (tertiary/aromatic N) is 2. The van der Waals surface area contributed by atoms with Gasteiger partial charge in [0.05, 0.1) is 16.6 Å². The summed E-state index contributed by atoms with van der Waals surface area (Å²) < 4.78 is 4.89. The van der Waals surface area contributed by atoms with Crippen molar-refractivity contribution in [3.8, 4) is 0 Å². The van der Waals surface area contributed by atoms with E-state index in [2.05, 4.69) is 10.3 Å². The smallest absolute Gasteiger partial charge is 0.274 e. The fourth-order valence-electron chi connectivity index (χ4n) is 1.32. The van der Waals surface area contributed by atoms with Crippen LogP contribution in [-0.4, -0.2) is 40.9 Å². The molecule has 0 aliphatic carbocycles. The monoisotopic (exact) mass is 255 g/mol. The third-order valence-corrected chi connectivity index (χ3v) is 2.45. The van der Waals surface area contributed by atoms with E-state index in [9.17, 15) is 15.2 Å². The molecule has 1 heterocycles. The molecule has 0 amide bonds. The largest absolute Gasteiger partial charge is 0.388 e. The summed E-state index contributed by atoms with van der Waals surface area (Å²) in [6.07, 6.45) is 1.82. The molecule has 1 rings (SSSR count). The van der Waals surface area contributed by atoms with Gasteiger partial charge < -0.3 is 15.2 Å². The quantitative estimate of drug-likeness (QED) is 0.561. The van der Waals surface area contributed by atoms with Gasteiger partial charge in [0.25, 0.3) is 5.69 Å². The second-order valence-corrected chi connectivity index (χ2v) is 4.25. The number of aromatic nitrogens is 1. The number of ether oxygens (including phenoxy) is 1. The molecule has 0 saturated heterocycles. The Labute approximate surface area is 105 Å². The van der Waals surface area contributed by atoms with Crippen LogP contribution in [0.3, 0.4) is 0 Å². The fraction of sp³-hybridized carbons (Fsp3) is 0.545. The van der Waals surface area contributed by atoms with E-state index < -0.39 is 10.5 Å². The SMILES string of the molecule is COCCC(C)(O)CNc1cc([N+](=O)[O-])ccn1. The average molecular weight is 255 g/mol. The first-order valence-corrected chi connectivity index (χ1v) is 5.50. The molecule has 2 N–H and O–H groups in total. The number of hydrogen-bond donors (Lipinski definition) is 2. The molecule has 0 aliphatic rings. The number of rotatable bonds is 7. The lowest BCUT2D eigenvalue weighted by Crippen LogP contribution is -2.34. The van der Waals surface area contributed by atoms with Crippen molar-refractivity contribution < 1.29 is 14.8 Å². The highest BCUT2D eigenvalue weighted by molar-refractivity contribution is 5.44. The van der Waals surface area contributed by atoms with Gasteiger partial charge in [0.15, 0.2) is 0 Å². The molecule has 1 atom stereocenters. The third kappa shape index (κ3) is 4.64. The van der Waals surface area contributed by atoms with Gasteiger partial charge in [0, 0.05) is 38.9 Å². The average Bonchev–Trinajstić information content (AvgIpc) is 2.34. The lowest BCUT2D eigenvalue weighted by atomic mass is 10.0. The number of anilines is 1. The van der Waals surface area contributed by atoms with Gasteiger partial charge in [-0.25, -0.2) is 4.98 Å². The van der Waals surface area contributed by atoms with E-state index in [1.165, 1.54) is 18.3 Å². The van der Waals surface area contributed by atoms with Crippen molar-refractivity contribution in [2.24, 2.45) is 0 Å². The van der Waals surface area contributed by atoms with E-state index in [0.717, 1.165) is 0 Å². The van der Waals surface area contributed by atoms with Crippen LogP contribution in [0.25, 0.3) is 0 Å². The van der Waals surface area contributed by atoms with Gasteiger partial charge in [0.1, 0.15) is 5.82 Å². The Morgan fingerprint density at radius 1 is 1.67 bits per heavy atom. The Morgan fingerprint density at radius 3 is 3.00 bits per heavy atom. The zero-order chi connectivity index (χ0) is 13.6. The standard InChI is InChI=1S/C11H17N3O4/c1-11(15,4-6-18-2)8-13-10-7-9(14(16)17)3-5-12-10/h3,5,7,15H,4,6,8H2,1-2H3,(H,12,13). The maximum atomic E-state index is 10.6. The van der Waals surface area contributed by atoms with Gasteiger partial charge in [0.2, 0.25) is 0 Å². The van der Waals surface area contributed by atoms with Crippen LogP contribution in [-0.2, 0) is 4.74 Å². The molecule has 1 aromatic heterocycles. The fourth-order valence-corrected chi connectivity index (χ4v) is 1.32. The molecular formula is C11H17N3O4. The van der Waals surface area contributed by atoms with E-state index in [0.29, 0.717) is 18.8 Å². The third-order valence-electron chi connectivity index (χ3n) is 2.45. The highest BCUT2D eigenvalue weighted by Gasteiger charge is 2.20. The number of nitro groups is 1. The Morgan fingerprint density at radius 2 is 2.39 bits per heavy atom. The minimum absolute atomic E-state index is 0.0379. The van der Waals surface area contributed by atoms with Crippen LogP contribution in [0.5, 0.6) is 0 Å². The normalized spacial score (nSPS) is 13.9. The molecular weight excluding hydrogens is 238 g/mol. The van der Waals surface area contributed by atoms with Crippen LogP contribution in [0.4, 0.5) is 11.5 Å². The second kappa shape index (κ2) is 6.27. The van der Waals surface area contributed by atoms with E-state index in [1.807, 2.05) is 0 Å². The van der Waals surface area contributed by atoms with E-state index >= 15 is 0 Å². The van der Waals surface area contributed by atoms with Crippen molar-refractivity contribution in [2.45, 2.75) is 18.9 Å². The zero-order valence-electron chi connectivity index (χ0n) is 10.4. The number of aliphatic hydroxyl groups is 1. The lowest BCUT2D eigenvalue weighted by molar-refractivity contribution is -0.384. The molecule has 18 heavy (non-hydrogen) atoms. The maximum Gasteiger partial charge on any atom is 0.274 e. The summed E-state index contributed by atoms with van der Waals surface area (Å²) in [5.74, 6) is 0.363. The molecule has 1 aromatic rings. The molecule has 0 bridgehead atoms. The summed E-state index contributed by atoms with van der Waals surface area (Å²) >= 11 is 0. The van der Waals surface area contributed by atoms with Crippen LogP contribution in [0.2, 0.25) is 0 Å². The number of methoxy groups -OCH3 is 1. The lowest BCUT2D eigenvalue weighted by Gasteiger charge is -2.23. The van der Waals surface area contributed by atoms with E-state index in [4.69, 9.17) is 4.74 Å². The van der Waals surface area contributed by atoms with Crippen LogP contribution in [0.15, 0.2) is 18.3 Å². The van der Waals surface area contributed by atoms with Crippen molar-refractivity contribution in [2.75, 3.05) is 25.6 Å². The Hall–Kier alpha value is -1.73. The van der Waals surface area contributed by atoms with Crippen molar-refractivity contribution in [1.82, 2.24) is 4.98 Å². The van der Waals surface area contributed by atoms with Gasteiger partial charge in [-0.05, 0) is 6.92 Å². The molecule has 0 fully saturated rings. The van der Waals surface area contributed by atoms with Crippen LogP contribution in [0.1, 0.15) is 13.3 Å². The molecule has 0 spiro atoms. The topological polar surface area (TPSA) is 97.5 Å². The van der Waals surface area contributed by atoms with E-state index in [1.54, 1.807) is 14.0 Å². The maximum absolute atomic E-state index is 10.6.